The van der Waals surface area contributed by atoms with Crippen molar-refractivity contribution in [1.82, 2.24) is 0 Å². The summed E-state index contributed by atoms with van der Waals surface area (Å²) in [5.41, 5.74) is 0. The van der Waals surface area contributed by atoms with E-state index >= 15 is 0 Å². The molecule has 0 saturated carbocycles. The Kier molecular flexibility index (Phi) is 9.24. The lowest BCUT2D eigenvalue weighted by Crippen LogP contribution is -2.12. The Morgan fingerprint density at radius 3 is 1.93 bits per heavy atom. The molecular weight excluding hydrogens is 180 g/mol. The van der Waals surface area contributed by atoms with E-state index in [2.05, 4.69) is 34.6 Å². The molecule has 0 aromatic heterocycles. The summed E-state index contributed by atoms with van der Waals surface area (Å²) in [5.74, 6) is 2.80. The van der Waals surface area contributed by atoms with E-state index in [4.69, 9.17) is 0 Å². The molecule has 0 aliphatic rings. The van der Waals surface area contributed by atoms with Gasteiger partial charge in [0.25, 0.3) is 0 Å². The molecule has 15 heavy (non-hydrogen) atoms. The van der Waals surface area contributed by atoms with Gasteiger partial charge in [0, 0.05) is 0 Å². The maximum Gasteiger partial charge on any atom is -0.0391 e. The van der Waals surface area contributed by atoms with Crippen molar-refractivity contribution in [3.05, 3.63) is 0 Å². The Balaban J connectivity index is 3.72. The lowest BCUT2D eigenvalue weighted by atomic mass is 9.83. The van der Waals surface area contributed by atoms with Crippen molar-refractivity contribution in [2.75, 3.05) is 0 Å². The molecule has 2 unspecified atom stereocenters. The Morgan fingerprint density at radius 2 is 1.47 bits per heavy atom. The zero-order valence-electron chi connectivity index (χ0n) is 11.7. The van der Waals surface area contributed by atoms with E-state index in [1.54, 1.807) is 0 Å². The average Bonchev–Trinajstić information content (AvgIpc) is 2.18. The largest absolute Gasteiger partial charge is 0.0654 e. The van der Waals surface area contributed by atoms with Gasteiger partial charge >= 0.3 is 0 Å². The predicted molar refractivity (Wildman–Crippen MR) is 71.2 cm³/mol. The van der Waals surface area contributed by atoms with Gasteiger partial charge in [0.15, 0.2) is 0 Å². The molecule has 0 nitrogen and oxygen atoms in total. The standard InChI is InChI=1S/C15H32/c1-6-8-9-10-14(5)15(7-2)12-11-13(3)4/h13-15H,6-12H2,1-5H3. The third-order valence-electron chi connectivity index (χ3n) is 3.71. The monoisotopic (exact) mass is 212 g/mol. The van der Waals surface area contributed by atoms with Gasteiger partial charge in [0.05, 0.1) is 0 Å². The predicted octanol–water partition coefficient (Wildman–Crippen LogP) is 5.67. The van der Waals surface area contributed by atoms with Gasteiger partial charge in [-0.15, -0.1) is 0 Å². The molecule has 0 spiro atoms. The van der Waals surface area contributed by atoms with Crippen LogP contribution in [0.3, 0.4) is 0 Å². The second kappa shape index (κ2) is 9.24. The van der Waals surface area contributed by atoms with Crippen LogP contribution >= 0.6 is 0 Å². The molecule has 0 heterocycles. The van der Waals surface area contributed by atoms with Crippen molar-refractivity contribution in [3.63, 3.8) is 0 Å². The van der Waals surface area contributed by atoms with Crippen molar-refractivity contribution in [2.45, 2.75) is 79.6 Å². The zero-order chi connectivity index (χ0) is 11.7. The number of unbranched alkanes of at least 4 members (excludes halogenated alkanes) is 2. The molecule has 92 valence electrons. The van der Waals surface area contributed by atoms with Crippen LogP contribution in [0.4, 0.5) is 0 Å². The van der Waals surface area contributed by atoms with E-state index in [1.807, 2.05) is 0 Å². The molecule has 0 aromatic carbocycles. The second-order valence-corrected chi connectivity index (χ2v) is 5.61. The maximum atomic E-state index is 2.46. The lowest BCUT2D eigenvalue weighted by molar-refractivity contribution is 0.283. The molecule has 0 aliphatic heterocycles. The average molecular weight is 212 g/mol. The minimum absolute atomic E-state index is 0.877. The van der Waals surface area contributed by atoms with Crippen molar-refractivity contribution in [2.24, 2.45) is 17.8 Å². The van der Waals surface area contributed by atoms with Gasteiger partial charge in [-0.1, -0.05) is 73.1 Å². The van der Waals surface area contributed by atoms with Gasteiger partial charge in [0.1, 0.15) is 0 Å². The summed E-state index contributed by atoms with van der Waals surface area (Å²) in [6.45, 7) is 11.8. The molecule has 0 fully saturated rings. The van der Waals surface area contributed by atoms with Gasteiger partial charge in [-0.25, -0.2) is 0 Å². The normalized spacial score (nSPS) is 15.6. The first-order valence-corrected chi connectivity index (χ1v) is 7.11. The van der Waals surface area contributed by atoms with Gasteiger partial charge in [-0.2, -0.15) is 0 Å². The minimum atomic E-state index is 0.877. The topological polar surface area (TPSA) is 0 Å². The summed E-state index contributed by atoms with van der Waals surface area (Å²) >= 11 is 0. The smallest absolute Gasteiger partial charge is 0.0391 e. The number of hydrogen-bond donors (Lipinski definition) is 0. The second-order valence-electron chi connectivity index (χ2n) is 5.61. The molecule has 0 aromatic rings. The molecule has 0 heteroatoms. The van der Waals surface area contributed by atoms with Crippen LogP contribution in [-0.2, 0) is 0 Å². The van der Waals surface area contributed by atoms with Crippen molar-refractivity contribution >= 4 is 0 Å². The zero-order valence-corrected chi connectivity index (χ0v) is 11.7. The first-order chi connectivity index (χ1) is 7.11. The fourth-order valence-corrected chi connectivity index (χ4v) is 2.39. The summed E-state index contributed by atoms with van der Waals surface area (Å²) in [5, 5.41) is 0. The molecule has 0 radical (unpaired) electrons. The molecule has 0 rings (SSSR count). The number of hydrogen-bond acceptors (Lipinski definition) is 0. The van der Waals surface area contributed by atoms with E-state index in [0.717, 1.165) is 17.8 Å². The fourth-order valence-electron chi connectivity index (χ4n) is 2.39. The summed E-state index contributed by atoms with van der Waals surface area (Å²) < 4.78 is 0. The molecule has 0 bridgehead atoms. The van der Waals surface area contributed by atoms with Gasteiger partial charge in [-0.05, 0) is 24.2 Å². The molecule has 0 amide bonds. The quantitative estimate of drug-likeness (QED) is 0.432. The van der Waals surface area contributed by atoms with Crippen LogP contribution in [0, 0.1) is 17.8 Å². The maximum absolute atomic E-state index is 2.46. The highest BCUT2D eigenvalue weighted by atomic mass is 14.2. The van der Waals surface area contributed by atoms with Crippen molar-refractivity contribution in [3.8, 4) is 0 Å². The Bertz CT molecular complexity index is 126. The molecular formula is C15H32. The highest BCUT2D eigenvalue weighted by Gasteiger charge is 2.15. The molecule has 2 atom stereocenters. The van der Waals surface area contributed by atoms with Crippen LogP contribution in [-0.4, -0.2) is 0 Å². The first-order valence-electron chi connectivity index (χ1n) is 7.11. The van der Waals surface area contributed by atoms with E-state index in [9.17, 15) is 0 Å². The van der Waals surface area contributed by atoms with Gasteiger partial charge in [0.2, 0.25) is 0 Å². The molecule has 0 saturated heterocycles. The van der Waals surface area contributed by atoms with Crippen LogP contribution in [0.1, 0.15) is 79.6 Å². The minimum Gasteiger partial charge on any atom is -0.0654 e. The molecule has 0 N–H and O–H groups in total. The van der Waals surface area contributed by atoms with Crippen LogP contribution in [0.5, 0.6) is 0 Å². The number of rotatable bonds is 9. The summed E-state index contributed by atoms with van der Waals surface area (Å²) in [4.78, 5) is 0. The lowest BCUT2D eigenvalue weighted by Gasteiger charge is -2.23. The van der Waals surface area contributed by atoms with E-state index in [1.165, 1.54) is 44.9 Å². The van der Waals surface area contributed by atoms with E-state index < -0.39 is 0 Å². The third-order valence-corrected chi connectivity index (χ3v) is 3.71. The summed E-state index contributed by atoms with van der Waals surface area (Å²) in [6.07, 6.45) is 9.90. The highest BCUT2D eigenvalue weighted by Crippen LogP contribution is 2.27. The van der Waals surface area contributed by atoms with Crippen LogP contribution in [0.15, 0.2) is 0 Å². The van der Waals surface area contributed by atoms with E-state index in [0.29, 0.717) is 0 Å². The van der Waals surface area contributed by atoms with Crippen LogP contribution < -0.4 is 0 Å². The van der Waals surface area contributed by atoms with Crippen LogP contribution in [0.25, 0.3) is 0 Å². The van der Waals surface area contributed by atoms with Crippen molar-refractivity contribution in [1.29, 1.82) is 0 Å². The Labute approximate surface area is 97.8 Å². The Hall–Kier alpha value is 0. The molecule has 0 aliphatic carbocycles. The summed E-state index contributed by atoms with van der Waals surface area (Å²) in [6, 6.07) is 0. The third kappa shape index (κ3) is 7.88. The van der Waals surface area contributed by atoms with Gasteiger partial charge in [-0.3, -0.25) is 0 Å². The highest BCUT2D eigenvalue weighted by molar-refractivity contribution is 4.66. The first kappa shape index (κ1) is 15.0. The fraction of sp³-hybridized carbons (Fsp3) is 1.00. The van der Waals surface area contributed by atoms with Crippen LogP contribution in [0.2, 0.25) is 0 Å². The Morgan fingerprint density at radius 1 is 0.800 bits per heavy atom. The van der Waals surface area contributed by atoms with Gasteiger partial charge < -0.3 is 0 Å². The SMILES string of the molecule is CCCCCC(C)C(CC)CCC(C)C. The van der Waals surface area contributed by atoms with Crippen molar-refractivity contribution < 1.29 is 0 Å². The summed E-state index contributed by atoms with van der Waals surface area (Å²) in [7, 11) is 0. The van der Waals surface area contributed by atoms with E-state index in [-0.39, 0.29) is 0 Å².